The van der Waals surface area contributed by atoms with Gasteiger partial charge in [0.2, 0.25) is 11.6 Å². The van der Waals surface area contributed by atoms with Gasteiger partial charge in [-0.3, -0.25) is 9.59 Å². The molecule has 0 aromatic rings. The lowest BCUT2D eigenvalue weighted by molar-refractivity contribution is -0.158. The van der Waals surface area contributed by atoms with Crippen molar-refractivity contribution in [3.05, 3.63) is 0 Å². The van der Waals surface area contributed by atoms with Gasteiger partial charge in [0.15, 0.2) is 0 Å². The lowest BCUT2D eigenvalue weighted by Crippen LogP contribution is -2.65. The summed E-state index contributed by atoms with van der Waals surface area (Å²) in [5, 5.41) is 5.83. The fraction of sp³-hybridized carbons (Fsp3) is 0.833. The Hall–Kier alpha value is -1.51. The number of nitrogens with zero attached hydrogens (tertiary/aromatic N) is 1. The highest BCUT2D eigenvalue weighted by molar-refractivity contribution is 6.48. The number of carbonyl (C=O) groups is 3. The van der Waals surface area contributed by atoms with Gasteiger partial charge in [-0.05, 0) is 67.2 Å². The molecule has 2 atom stereocenters. The van der Waals surface area contributed by atoms with Gasteiger partial charge < -0.3 is 25.0 Å². The zero-order valence-electron chi connectivity index (χ0n) is 16.6. The zero-order chi connectivity index (χ0) is 19.7. The lowest BCUT2D eigenvalue weighted by Gasteiger charge is -2.33. The summed E-state index contributed by atoms with van der Waals surface area (Å²) < 4.78 is 10.4. The molecule has 1 aliphatic rings. The average molecular weight is 371 g/mol. The highest BCUT2D eigenvalue weighted by Gasteiger charge is 2.49. The Bertz CT molecular complexity index is 490. The van der Waals surface area contributed by atoms with Gasteiger partial charge in [-0.1, -0.05) is 0 Å². The zero-order valence-corrected chi connectivity index (χ0v) is 16.6. The molecule has 0 bridgehead atoms. The summed E-state index contributed by atoms with van der Waals surface area (Å²) in [4.78, 5) is 36.6. The third-order valence-electron chi connectivity index (χ3n) is 3.90. The summed E-state index contributed by atoms with van der Waals surface area (Å²) in [6.07, 6.45) is 0.662. The van der Waals surface area contributed by atoms with Gasteiger partial charge in [-0.15, -0.1) is 0 Å². The number of alkyl carbamates (subject to hydrolysis) is 1. The molecule has 1 fully saturated rings. The highest BCUT2D eigenvalue weighted by atomic mass is 16.6. The first-order valence-corrected chi connectivity index (χ1v) is 9.24. The second-order valence-corrected chi connectivity index (χ2v) is 7.48. The third kappa shape index (κ3) is 7.80. The van der Waals surface area contributed by atoms with Crippen LogP contribution < -0.4 is 10.6 Å². The molecule has 1 rings (SSSR count). The summed E-state index contributed by atoms with van der Waals surface area (Å²) in [5.41, 5.74) is -0.485. The second kappa shape index (κ2) is 10.6. The van der Waals surface area contributed by atoms with Gasteiger partial charge in [0, 0.05) is 13.2 Å². The van der Waals surface area contributed by atoms with Crippen molar-refractivity contribution in [2.45, 2.75) is 58.3 Å². The van der Waals surface area contributed by atoms with E-state index in [1.54, 1.807) is 6.92 Å². The quantitative estimate of drug-likeness (QED) is 0.408. The standard InChI is InChI=1S/C18H33N3O5/c1-6-25-16-13(14(22)15(16)23)19-9-7-11-21(5)12-8-10-20-17(24)26-18(2,3)4/h13,16,19H,6-12H2,1-5H3,(H,20,24). The molecule has 8 nitrogen and oxygen atoms in total. The van der Waals surface area contributed by atoms with Crippen LogP contribution in [0.15, 0.2) is 0 Å². The summed E-state index contributed by atoms with van der Waals surface area (Å²) in [7, 11) is 2.01. The van der Waals surface area contributed by atoms with E-state index in [0.717, 1.165) is 25.9 Å². The molecule has 8 heteroatoms. The smallest absolute Gasteiger partial charge is 0.407 e. The minimum atomic E-state index is -0.621. The minimum Gasteiger partial charge on any atom is -0.444 e. The number of carbonyl (C=O) groups excluding carboxylic acids is 3. The van der Waals surface area contributed by atoms with E-state index in [9.17, 15) is 14.4 Å². The van der Waals surface area contributed by atoms with E-state index in [4.69, 9.17) is 9.47 Å². The fourth-order valence-electron chi connectivity index (χ4n) is 2.61. The molecule has 0 aromatic heterocycles. The molecule has 0 heterocycles. The highest BCUT2D eigenvalue weighted by Crippen LogP contribution is 2.15. The number of hydrogen-bond donors (Lipinski definition) is 2. The van der Waals surface area contributed by atoms with Gasteiger partial charge in [0.05, 0.1) is 0 Å². The maximum Gasteiger partial charge on any atom is 0.407 e. The molecule has 0 radical (unpaired) electrons. The van der Waals surface area contributed by atoms with Gasteiger partial charge in [0.25, 0.3) is 0 Å². The Labute approximate surface area is 156 Å². The van der Waals surface area contributed by atoms with E-state index in [-0.39, 0.29) is 5.78 Å². The molecule has 150 valence electrons. The molecule has 2 N–H and O–H groups in total. The van der Waals surface area contributed by atoms with Crippen LogP contribution in [0.2, 0.25) is 0 Å². The second-order valence-electron chi connectivity index (χ2n) is 7.48. The van der Waals surface area contributed by atoms with E-state index >= 15 is 0 Å². The van der Waals surface area contributed by atoms with Gasteiger partial charge >= 0.3 is 6.09 Å². The molecule has 26 heavy (non-hydrogen) atoms. The molecular formula is C18H33N3O5. The van der Waals surface area contributed by atoms with E-state index in [1.807, 2.05) is 27.8 Å². The molecule has 1 aliphatic carbocycles. The Morgan fingerprint density at radius 2 is 1.73 bits per heavy atom. The number of amides is 1. The van der Waals surface area contributed by atoms with Crippen molar-refractivity contribution in [3.8, 4) is 0 Å². The van der Waals surface area contributed by atoms with Crippen LogP contribution in [0.25, 0.3) is 0 Å². The average Bonchev–Trinajstić information content (AvgIpc) is 2.55. The predicted molar refractivity (Wildman–Crippen MR) is 98.2 cm³/mol. The first-order valence-electron chi connectivity index (χ1n) is 9.24. The normalized spacial score (nSPS) is 20.2. The fourth-order valence-corrected chi connectivity index (χ4v) is 2.61. The van der Waals surface area contributed by atoms with Crippen molar-refractivity contribution in [1.82, 2.24) is 15.5 Å². The summed E-state index contributed by atoms with van der Waals surface area (Å²) in [5.74, 6) is -0.816. The van der Waals surface area contributed by atoms with Crippen LogP contribution in [0.4, 0.5) is 4.79 Å². The number of ether oxygens (including phenoxy) is 2. The molecule has 2 unspecified atom stereocenters. The predicted octanol–water partition coefficient (Wildman–Crippen LogP) is 0.738. The Kier molecular flexibility index (Phi) is 9.18. The van der Waals surface area contributed by atoms with Crippen LogP contribution in [0.5, 0.6) is 0 Å². The van der Waals surface area contributed by atoms with E-state index in [1.165, 1.54) is 0 Å². The van der Waals surface area contributed by atoms with Crippen molar-refractivity contribution in [2.24, 2.45) is 0 Å². The van der Waals surface area contributed by atoms with E-state index in [2.05, 4.69) is 15.5 Å². The minimum absolute atomic E-state index is 0.384. The SMILES string of the molecule is CCOC1C(=O)C(=O)C1NCCCN(C)CCCNC(=O)OC(C)(C)C. The van der Waals surface area contributed by atoms with Crippen LogP contribution in [0.3, 0.4) is 0 Å². The van der Waals surface area contributed by atoms with E-state index in [0.29, 0.717) is 19.7 Å². The van der Waals surface area contributed by atoms with Gasteiger partial charge in [-0.25, -0.2) is 4.79 Å². The largest absolute Gasteiger partial charge is 0.444 e. The number of Topliss-reactive ketones (excluding diaryl/α,β-unsaturated/α-hetero) is 2. The number of hydrogen-bond acceptors (Lipinski definition) is 7. The maximum atomic E-state index is 11.5. The van der Waals surface area contributed by atoms with Crippen molar-refractivity contribution < 1.29 is 23.9 Å². The molecule has 0 aromatic carbocycles. The van der Waals surface area contributed by atoms with Crippen LogP contribution in [-0.2, 0) is 19.1 Å². The summed E-state index contributed by atoms with van der Waals surface area (Å²) in [6.45, 7) is 10.6. The van der Waals surface area contributed by atoms with Crippen LogP contribution in [0, 0.1) is 0 Å². The van der Waals surface area contributed by atoms with Crippen LogP contribution in [-0.4, -0.2) is 80.1 Å². The topological polar surface area (TPSA) is 97.0 Å². The maximum absolute atomic E-state index is 11.5. The molecule has 0 aliphatic heterocycles. The van der Waals surface area contributed by atoms with E-state index < -0.39 is 29.6 Å². The van der Waals surface area contributed by atoms with Crippen LogP contribution in [0.1, 0.15) is 40.5 Å². The molecular weight excluding hydrogens is 338 g/mol. The van der Waals surface area contributed by atoms with Crippen molar-refractivity contribution >= 4 is 17.7 Å². The first kappa shape index (κ1) is 22.5. The monoisotopic (exact) mass is 371 g/mol. The Morgan fingerprint density at radius 3 is 2.31 bits per heavy atom. The number of nitrogens with one attached hydrogen (secondary N) is 2. The summed E-state index contributed by atoms with van der Waals surface area (Å²) >= 11 is 0. The lowest BCUT2D eigenvalue weighted by atomic mass is 9.85. The van der Waals surface area contributed by atoms with Crippen molar-refractivity contribution in [2.75, 3.05) is 39.8 Å². The van der Waals surface area contributed by atoms with Crippen molar-refractivity contribution in [3.63, 3.8) is 0 Å². The van der Waals surface area contributed by atoms with Gasteiger partial charge in [-0.2, -0.15) is 0 Å². The van der Waals surface area contributed by atoms with Crippen molar-refractivity contribution in [1.29, 1.82) is 0 Å². The molecule has 1 saturated carbocycles. The Balaban J connectivity index is 2.07. The Morgan fingerprint density at radius 1 is 1.12 bits per heavy atom. The van der Waals surface area contributed by atoms with Gasteiger partial charge in [0.1, 0.15) is 17.7 Å². The van der Waals surface area contributed by atoms with Crippen LogP contribution >= 0.6 is 0 Å². The number of ketones is 2. The summed E-state index contributed by atoms with van der Waals surface area (Å²) in [6, 6.07) is -0.495. The molecule has 0 spiro atoms. The number of rotatable bonds is 11. The third-order valence-corrected chi connectivity index (χ3v) is 3.90. The first-order chi connectivity index (χ1) is 12.2. The molecule has 1 amide bonds. The molecule has 0 saturated heterocycles.